The summed E-state index contributed by atoms with van der Waals surface area (Å²) < 4.78 is 7.30. The highest BCUT2D eigenvalue weighted by atomic mass is 16.5. The molecule has 0 radical (unpaired) electrons. The van der Waals surface area contributed by atoms with Gasteiger partial charge in [-0.15, -0.1) is 0 Å². The fourth-order valence-electron chi connectivity index (χ4n) is 1.89. The van der Waals surface area contributed by atoms with Crippen LogP contribution in [0.2, 0.25) is 0 Å². The summed E-state index contributed by atoms with van der Waals surface area (Å²) in [4.78, 5) is 4.23. The lowest BCUT2D eigenvalue weighted by atomic mass is 10.2. The molecule has 104 valence electrons. The van der Waals surface area contributed by atoms with Crippen molar-refractivity contribution in [1.29, 1.82) is 0 Å². The van der Waals surface area contributed by atoms with Gasteiger partial charge in [0.05, 0.1) is 12.0 Å². The SMILES string of the molecule is COCCCCCn1cncc1CNCC(C)C. The highest BCUT2D eigenvalue weighted by Crippen LogP contribution is 2.04. The Morgan fingerprint density at radius 2 is 2.17 bits per heavy atom. The van der Waals surface area contributed by atoms with Crippen LogP contribution in [0.3, 0.4) is 0 Å². The number of imidazole rings is 1. The van der Waals surface area contributed by atoms with Crippen molar-refractivity contribution in [2.24, 2.45) is 5.92 Å². The number of ether oxygens (including phenoxy) is 1. The van der Waals surface area contributed by atoms with Gasteiger partial charge >= 0.3 is 0 Å². The lowest BCUT2D eigenvalue weighted by Gasteiger charge is -2.10. The first-order chi connectivity index (χ1) is 8.74. The van der Waals surface area contributed by atoms with Gasteiger partial charge in [-0.2, -0.15) is 0 Å². The molecule has 0 amide bonds. The maximum atomic E-state index is 5.05. The number of unbranched alkanes of at least 4 members (excludes halogenated alkanes) is 2. The summed E-state index contributed by atoms with van der Waals surface area (Å²) in [5.41, 5.74) is 1.28. The molecule has 18 heavy (non-hydrogen) atoms. The summed E-state index contributed by atoms with van der Waals surface area (Å²) in [5.74, 6) is 0.690. The van der Waals surface area contributed by atoms with Gasteiger partial charge in [-0.1, -0.05) is 13.8 Å². The van der Waals surface area contributed by atoms with Gasteiger partial charge in [0.2, 0.25) is 0 Å². The minimum atomic E-state index is 0.690. The van der Waals surface area contributed by atoms with Crippen molar-refractivity contribution < 1.29 is 4.74 Å². The van der Waals surface area contributed by atoms with Gasteiger partial charge in [0.25, 0.3) is 0 Å². The Morgan fingerprint density at radius 1 is 1.33 bits per heavy atom. The van der Waals surface area contributed by atoms with Crippen LogP contribution in [0.1, 0.15) is 38.8 Å². The molecule has 0 aliphatic rings. The minimum absolute atomic E-state index is 0.690. The topological polar surface area (TPSA) is 39.1 Å². The molecule has 0 bridgehead atoms. The van der Waals surface area contributed by atoms with Crippen molar-refractivity contribution in [1.82, 2.24) is 14.9 Å². The van der Waals surface area contributed by atoms with Gasteiger partial charge in [-0.3, -0.25) is 0 Å². The second kappa shape index (κ2) is 9.11. The van der Waals surface area contributed by atoms with Gasteiger partial charge in [-0.25, -0.2) is 4.98 Å². The van der Waals surface area contributed by atoms with E-state index in [4.69, 9.17) is 4.74 Å². The summed E-state index contributed by atoms with van der Waals surface area (Å²) in [6.45, 7) is 8.34. The molecule has 0 aromatic carbocycles. The zero-order valence-electron chi connectivity index (χ0n) is 12.0. The molecule has 1 N–H and O–H groups in total. The van der Waals surface area contributed by atoms with E-state index in [0.29, 0.717) is 5.92 Å². The Kier molecular flexibility index (Phi) is 7.69. The third-order valence-corrected chi connectivity index (χ3v) is 2.90. The van der Waals surface area contributed by atoms with Crippen molar-refractivity contribution in [2.45, 2.75) is 46.2 Å². The predicted octanol–water partition coefficient (Wildman–Crippen LogP) is 2.45. The van der Waals surface area contributed by atoms with E-state index in [0.717, 1.165) is 32.7 Å². The lowest BCUT2D eigenvalue weighted by Crippen LogP contribution is -2.20. The zero-order valence-corrected chi connectivity index (χ0v) is 12.0. The Labute approximate surface area is 111 Å². The number of aromatic nitrogens is 2. The van der Waals surface area contributed by atoms with E-state index in [9.17, 15) is 0 Å². The number of rotatable bonds is 10. The lowest BCUT2D eigenvalue weighted by molar-refractivity contribution is 0.191. The van der Waals surface area contributed by atoms with Crippen LogP contribution in [-0.2, 0) is 17.8 Å². The van der Waals surface area contributed by atoms with Gasteiger partial charge in [0.1, 0.15) is 0 Å². The van der Waals surface area contributed by atoms with Crippen LogP contribution in [0.25, 0.3) is 0 Å². The monoisotopic (exact) mass is 253 g/mol. The van der Waals surface area contributed by atoms with E-state index < -0.39 is 0 Å². The number of aryl methyl sites for hydroxylation is 1. The number of hydrogen-bond donors (Lipinski definition) is 1. The Bertz CT molecular complexity index is 310. The summed E-state index contributed by atoms with van der Waals surface area (Å²) in [7, 11) is 1.76. The molecule has 0 saturated heterocycles. The maximum absolute atomic E-state index is 5.05. The summed E-state index contributed by atoms with van der Waals surface area (Å²) >= 11 is 0. The van der Waals surface area contributed by atoms with Crippen molar-refractivity contribution in [2.75, 3.05) is 20.3 Å². The second-order valence-corrected chi connectivity index (χ2v) is 5.16. The van der Waals surface area contributed by atoms with Crippen LogP contribution in [0.4, 0.5) is 0 Å². The number of nitrogens with zero attached hydrogens (tertiary/aromatic N) is 2. The van der Waals surface area contributed by atoms with Crippen molar-refractivity contribution in [3.05, 3.63) is 18.2 Å². The van der Waals surface area contributed by atoms with Crippen LogP contribution in [0.15, 0.2) is 12.5 Å². The van der Waals surface area contributed by atoms with Gasteiger partial charge in [0.15, 0.2) is 0 Å². The van der Waals surface area contributed by atoms with E-state index in [-0.39, 0.29) is 0 Å². The molecule has 0 saturated carbocycles. The van der Waals surface area contributed by atoms with Crippen LogP contribution < -0.4 is 5.32 Å². The first-order valence-electron chi connectivity index (χ1n) is 6.92. The molecule has 1 aromatic heterocycles. The predicted molar refractivity (Wildman–Crippen MR) is 74.5 cm³/mol. The molecular formula is C14H27N3O. The van der Waals surface area contributed by atoms with Crippen molar-refractivity contribution in [3.8, 4) is 0 Å². The molecule has 1 rings (SSSR count). The highest BCUT2D eigenvalue weighted by Gasteiger charge is 2.02. The van der Waals surface area contributed by atoms with E-state index in [1.807, 2.05) is 12.5 Å². The Morgan fingerprint density at radius 3 is 2.89 bits per heavy atom. The number of hydrogen-bond acceptors (Lipinski definition) is 3. The average molecular weight is 253 g/mol. The van der Waals surface area contributed by atoms with Gasteiger partial charge in [-0.05, 0) is 31.7 Å². The van der Waals surface area contributed by atoms with Crippen molar-refractivity contribution in [3.63, 3.8) is 0 Å². The molecule has 4 heteroatoms. The summed E-state index contributed by atoms with van der Waals surface area (Å²) in [5, 5.41) is 3.46. The van der Waals surface area contributed by atoms with E-state index in [2.05, 4.69) is 28.7 Å². The molecular weight excluding hydrogens is 226 g/mol. The third-order valence-electron chi connectivity index (χ3n) is 2.90. The van der Waals surface area contributed by atoms with Gasteiger partial charge in [0, 0.05) is 33.0 Å². The number of methoxy groups -OCH3 is 1. The fraction of sp³-hybridized carbons (Fsp3) is 0.786. The normalized spacial score (nSPS) is 11.3. The third kappa shape index (κ3) is 6.17. The van der Waals surface area contributed by atoms with Gasteiger partial charge < -0.3 is 14.6 Å². The van der Waals surface area contributed by atoms with E-state index >= 15 is 0 Å². The maximum Gasteiger partial charge on any atom is 0.0948 e. The summed E-state index contributed by atoms with van der Waals surface area (Å²) in [6.07, 6.45) is 7.44. The van der Waals surface area contributed by atoms with E-state index in [1.54, 1.807) is 7.11 Å². The zero-order chi connectivity index (χ0) is 13.2. The first-order valence-corrected chi connectivity index (χ1v) is 6.92. The molecule has 1 aromatic rings. The second-order valence-electron chi connectivity index (χ2n) is 5.16. The average Bonchev–Trinajstić information content (AvgIpc) is 2.76. The highest BCUT2D eigenvalue weighted by molar-refractivity contribution is 4.97. The first kappa shape index (κ1) is 15.2. The van der Waals surface area contributed by atoms with E-state index in [1.165, 1.54) is 18.5 Å². The summed E-state index contributed by atoms with van der Waals surface area (Å²) in [6, 6.07) is 0. The molecule has 0 spiro atoms. The molecule has 0 aliphatic carbocycles. The molecule has 4 nitrogen and oxygen atoms in total. The molecule has 1 heterocycles. The minimum Gasteiger partial charge on any atom is -0.385 e. The Hall–Kier alpha value is -0.870. The quantitative estimate of drug-likeness (QED) is 0.651. The standard InChI is InChI=1S/C14H27N3O/c1-13(2)9-15-10-14-11-16-12-17(14)7-5-4-6-8-18-3/h11-13,15H,4-10H2,1-3H3. The molecule has 0 aliphatic heterocycles. The van der Waals surface area contributed by atoms with Crippen LogP contribution in [-0.4, -0.2) is 29.8 Å². The fourth-order valence-corrected chi connectivity index (χ4v) is 1.89. The molecule has 0 atom stereocenters. The number of nitrogens with one attached hydrogen (secondary N) is 1. The molecule has 0 fully saturated rings. The molecule has 0 unspecified atom stereocenters. The van der Waals surface area contributed by atoms with Crippen LogP contribution in [0.5, 0.6) is 0 Å². The largest absolute Gasteiger partial charge is 0.385 e. The smallest absolute Gasteiger partial charge is 0.0948 e. The van der Waals surface area contributed by atoms with Crippen LogP contribution >= 0.6 is 0 Å². The van der Waals surface area contributed by atoms with Crippen LogP contribution in [0, 0.1) is 5.92 Å². The van der Waals surface area contributed by atoms with Crippen molar-refractivity contribution >= 4 is 0 Å². The Balaban J connectivity index is 2.22.